The van der Waals surface area contributed by atoms with E-state index in [9.17, 15) is 0 Å². The predicted molar refractivity (Wildman–Crippen MR) is 120 cm³/mol. The van der Waals surface area contributed by atoms with Crippen LogP contribution in [-0.2, 0) is 0 Å². The second-order valence-corrected chi connectivity index (χ2v) is 8.54. The highest BCUT2D eigenvalue weighted by molar-refractivity contribution is 5.37. The molecular formula is C28H36. The molecule has 8 unspecified atom stereocenters. The van der Waals surface area contributed by atoms with Gasteiger partial charge in [0, 0.05) is 0 Å². The Morgan fingerprint density at radius 2 is 0.929 bits per heavy atom. The molecule has 3 saturated carbocycles. The maximum atomic E-state index is 2.56. The van der Waals surface area contributed by atoms with Crippen molar-refractivity contribution >= 4 is 0 Å². The van der Waals surface area contributed by atoms with Crippen molar-refractivity contribution in [3.63, 3.8) is 0 Å². The number of allylic oxidation sites excluding steroid dienone is 2. The van der Waals surface area contributed by atoms with Crippen molar-refractivity contribution in [1.29, 1.82) is 0 Å². The van der Waals surface area contributed by atoms with Crippen LogP contribution in [0.1, 0.15) is 63.5 Å². The van der Waals surface area contributed by atoms with Crippen LogP contribution in [-0.4, -0.2) is 0 Å². The number of fused-ring (bicyclic) bond motifs is 9. The Balaban J connectivity index is 0.000000454. The van der Waals surface area contributed by atoms with Gasteiger partial charge in [0.2, 0.25) is 0 Å². The van der Waals surface area contributed by atoms with E-state index >= 15 is 0 Å². The van der Waals surface area contributed by atoms with Crippen molar-refractivity contribution in [3.05, 3.63) is 83.9 Å². The second kappa shape index (κ2) is 8.27. The first-order chi connectivity index (χ1) is 13.9. The molecular weight excluding hydrogens is 336 g/mol. The van der Waals surface area contributed by atoms with Crippen LogP contribution in [0, 0.1) is 35.5 Å². The summed E-state index contributed by atoms with van der Waals surface area (Å²) in [4.78, 5) is 0. The molecule has 0 heterocycles. The summed E-state index contributed by atoms with van der Waals surface area (Å²) in [6, 6.07) is 22.8. The van der Waals surface area contributed by atoms with E-state index in [2.05, 4.69) is 72.8 Å². The van der Waals surface area contributed by atoms with Gasteiger partial charge < -0.3 is 0 Å². The fourth-order valence-corrected chi connectivity index (χ4v) is 7.30. The molecule has 0 saturated heterocycles. The van der Waals surface area contributed by atoms with Crippen molar-refractivity contribution in [2.45, 2.75) is 52.4 Å². The van der Waals surface area contributed by atoms with Crippen LogP contribution in [0.3, 0.4) is 0 Å². The van der Waals surface area contributed by atoms with Crippen LogP contribution >= 0.6 is 0 Å². The zero-order valence-electron chi connectivity index (χ0n) is 18.0. The van der Waals surface area contributed by atoms with E-state index in [1.165, 1.54) is 12.8 Å². The SMILES string of the molecule is C1=CC2CC1C1C3CC(C(c4ccccc4)C3c3ccccc3)C21.CC.CC. The van der Waals surface area contributed by atoms with E-state index in [4.69, 9.17) is 0 Å². The molecule has 4 aliphatic carbocycles. The molecule has 0 aliphatic heterocycles. The lowest BCUT2D eigenvalue weighted by atomic mass is 9.61. The monoisotopic (exact) mass is 372 g/mol. The summed E-state index contributed by atoms with van der Waals surface area (Å²) in [5.41, 5.74) is 3.17. The summed E-state index contributed by atoms with van der Waals surface area (Å²) >= 11 is 0. The second-order valence-electron chi connectivity index (χ2n) is 8.54. The molecule has 28 heavy (non-hydrogen) atoms. The van der Waals surface area contributed by atoms with E-state index < -0.39 is 0 Å². The van der Waals surface area contributed by atoms with E-state index in [0.29, 0.717) is 0 Å². The minimum atomic E-state index is 0.729. The molecule has 0 radical (unpaired) electrons. The van der Waals surface area contributed by atoms with Crippen molar-refractivity contribution in [2.75, 3.05) is 0 Å². The summed E-state index contributed by atoms with van der Waals surface area (Å²) in [6.45, 7) is 8.00. The van der Waals surface area contributed by atoms with Crippen molar-refractivity contribution in [1.82, 2.24) is 0 Å². The lowest BCUT2D eigenvalue weighted by Gasteiger charge is -2.42. The Hall–Kier alpha value is -1.82. The van der Waals surface area contributed by atoms with Gasteiger partial charge in [-0.3, -0.25) is 0 Å². The predicted octanol–water partition coefficient (Wildman–Crippen LogP) is 7.69. The van der Waals surface area contributed by atoms with Crippen molar-refractivity contribution in [3.8, 4) is 0 Å². The molecule has 2 aromatic carbocycles. The quantitative estimate of drug-likeness (QED) is 0.374. The minimum absolute atomic E-state index is 0.729. The molecule has 0 aromatic heterocycles. The molecule has 3 fully saturated rings. The van der Waals surface area contributed by atoms with Gasteiger partial charge in [-0.05, 0) is 71.3 Å². The smallest absolute Gasteiger partial charge is 0.00589 e. The normalized spacial score (nSPS) is 38.3. The standard InChI is InChI=1S/C24H24.2C2H6/c1-3-7-15(8-4-1)21-19-14-20(22(21)16-9-5-2-6-10-16)24-18-12-11-17(13-18)23(19)24;2*1-2/h1-12,17-24H,13-14H2;2*1-2H3. The molecule has 0 N–H and O–H groups in total. The Bertz CT molecular complexity index is 709. The van der Waals surface area contributed by atoms with Gasteiger partial charge in [-0.1, -0.05) is 101 Å². The van der Waals surface area contributed by atoms with Crippen molar-refractivity contribution < 1.29 is 0 Å². The van der Waals surface area contributed by atoms with Crippen LogP contribution in [0.25, 0.3) is 0 Å². The van der Waals surface area contributed by atoms with Crippen molar-refractivity contribution in [2.24, 2.45) is 35.5 Å². The minimum Gasteiger partial charge on any atom is -0.0848 e. The van der Waals surface area contributed by atoms with Gasteiger partial charge >= 0.3 is 0 Å². The maximum Gasteiger partial charge on any atom is -0.00589 e. The summed E-state index contributed by atoms with van der Waals surface area (Å²) in [6.07, 6.45) is 8.03. The van der Waals surface area contributed by atoms with E-state index in [-0.39, 0.29) is 0 Å². The van der Waals surface area contributed by atoms with Gasteiger partial charge in [0.05, 0.1) is 0 Å². The molecule has 0 amide bonds. The number of benzene rings is 2. The van der Waals surface area contributed by atoms with E-state index in [0.717, 1.165) is 47.3 Å². The molecule has 0 heteroatoms. The molecule has 6 rings (SSSR count). The summed E-state index contributed by atoms with van der Waals surface area (Å²) in [7, 11) is 0. The lowest BCUT2D eigenvalue weighted by Crippen LogP contribution is -2.34. The number of rotatable bonds is 2. The third-order valence-corrected chi connectivity index (χ3v) is 7.79. The van der Waals surface area contributed by atoms with Gasteiger partial charge in [-0.2, -0.15) is 0 Å². The zero-order chi connectivity index (χ0) is 19.7. The third kappa shape index (κ3) is 2.88. The van der Waals surface area contributed by atoms with Gasteiger partial charge in [0.15, 0.2) is 0 Å². The Morgan fingerprint density at radius 1 is 0.536 bits per heavy atom. The molecule has 4 aliphatic rings. The van der Waals surface area contributed by atoms with Gasteiger partial charge in [0.1, 0.15) is 0 Å². The van der Waals surface area contributed by atoms with E-state index in [1.807, 2.05) is 27.7 Å². The zero-order valence-corrected chi connectivity index (χ0v) is 18.0. The van der Waals surface area contributed by atoms with Crippen LogP contribution in [0.5, 0.6) is 0 Å². The van der Waals surface area contributed by atoms with Gasteiger partial charge in [-0.15, -0.1) is 0 Å². The van der Waals surface area contributed by atoms with Crippen LogP contribution in [0.2, 0.25) is 0 Å². The molecule has 2 aromatic rings. The van der Waals surface area contributed by atoms with E-state index in [1.54, 1.807) is 11.1 Å². The number of hydrogen-bond donors (Lipinski definition) is 0. The Labute approximate surface area is 172 Å². The summed E-state index contributed by atoms with van der Waals surface area (Å²) in [5, 5.41) is 0. The third-order valence-electron chi connectivity index (χ3n) is 7.79. The van der Waals surface area contributed by atoms with Gasteiger partial charge in [-0.25, -0.2) is 0 Å². The molecule has 0 nitrogen and oxygen atoms in total. The first-order valence-electron chi connectivity index (χ1n) is 11.7. The first kappa shape index (κ1) is 19.5. The molecule has 0 spiro atoms. The average molecular weight is 373 g/mol. The highest BCUT2D eigenvalue weighted by Crippen LogP contribution is 2.72. The average Bonchev–Trinajstić information content (AvgIpc) is 3.56. The fourth-order valence-electron chi connectivity index (χ4n) is 7.30. The fraction of sp³-hybridized carbons (Fsp3) is 0.500. The van der Waals surface area contributed by atoms with Crippen LogP contribution < -0.4 is 0 Å². The molecule has 8 atom stereocenters. The largest absolute Gasteiger partial charge is 0.0848 e. The summed E-state index contributed by atoms with van der Waals surface area (Å²) < 4.78 is 0. The highest BCUT2D eigenvalue weighted by Gasteiger charge is 2.64. The summed E-state index contributed by atoms with van der Waals surface area (Å²) in [5.74, 6) is 6.96. The Morgan fingerprint density at radius 3 is 1.32 bits per heavy atom. The van der Waals surface area contributed by atoms with Crippen LogP contribution in [0.15, 0.2) is 72.8 Å². The lowest BCUT2D eigenvalue weighted by molar-refractivity contribution is 0.162. The Kier molecular flexibility index (Phi) is 5.76. The molecule has 148 valence electrons. The maximum absolute atomic E-state index is 2.56. The number of hydrogen-bond acceptors (Lipinski definition) is 0. The first-order valence-corrected chi connectivity index (χ1v) is 11.7. The highest BCUT2D eigenvalue weighted by atomic mass is 14.7. The topological polar surface area (TPSA) is 0 Å². The van der Waals surface area contributed by atoms with Crippen LogP contribution in [0.4, 0.5) is 0 Å². The molecule has 4 bridgehead atoms. The van der Waals surface area contributed by atoms with Gasteiger partial charge in [0.25, 0.3) is 0 Å².